The van der Waals surface area contributed by atoms with E-state index in [0.717, 1.165) is 28.2 Å². The molecule has 6 heteroatoms. The number of fused-ring (bicyclic) bond motifs is 1. The monoisotopic (exact) mass is 346 g/mol. The number of hydrogen-bond acceptors (Lipinski definition) is 4. The number of nitrogens with one attached hydrogen (secondary N) is 1. The van der Waals surface area contributed by atoms with Crippen LogP contribution in [0.2, 0.25) is 0 Å². The molecule has 1 N–H and O–H groups in total. The van der Waals surface area contributed by atoms with Crippen LogP contribution in [0.5, 0.6) is 0 Å². The van der Waals surface area contributed by atoms with Crippen molar-refractivity contribution in [2.45, 2.75) is 20.8 Å². The van der Waals surface area contributed by atoms with Crippen LogP contribution in [0, 0.1) is 20.8 Å². The highest BCUT2D eigenvalue weighted by Crippen LogP contribution is 2.26. The van der Waals surface area contributed by atoms with E-state index in [1.54, 1.807) is 13.8 Å². The molecule has 0 saturated carbocycles. The lowest BCUT2D eigenvalue weighted by atomic mass is 10.1. The van der Waals surface area contributed by atoms with E-state index < -0.39 is 0 Å². The number of aryl methyl sites for hydroxylation is 3. The fourth-order valence-corrected chi connectivity index (χ4v) is 2.98. The number of nitrogens with zero attached hydrogens (tertiary/aromatic N) is 3. The Bertz CT molecular complexity index is 1070. The normalized spacial score (nSPS) is 11.0. The van der Waals surface area contributed by atoms with Crippen molar-refractivity contribution in [2.24, 2.45) is 0 Å². The maximum Gasteiger partial charge on any atom is 0.261 e. The molecule has 0 fully saturated rings. The summed E-state index contributed by atoms with van der Waals surface area (Å²) in [5, 5.41) is 6.81. The molecule has 3 heterocycles. The van der Waals surface area contributed by atoms with Gasteiger partial charge in [0.25, 0.3) is 5.91 Å². The smallest absolute Gasteiger partial charge is 0.261 e. The van der Waals surface area contributed by atoms with Gasteiger partial charge in [0.2, 0.25) is 0 Å². The molecule has 0 radical (unpaired) electrons. The van der Waals surface area contributed by atoms with E-state index in [1.807, 2.05) is 60.1 Å². The molecule has 4 aromatic rings. The van der Waals surface area contributed by atoms with Crippen LogP contribution in [0.15, 0.2) is 53.3 Å². The zero-order valence-electron chi connectivity index (χ0n) is 14.8. The number of imidazole rings is 1. The topological polar surface area (TPSA) is 72.4 Å². The summed E-state index contributed by atoms with van der Waals surface area (Å²) in [7, 11) is 0. The van der Waals surface area contributed by atoms with Crippen LogP contribution in [0.4, 0.5) is 5.69 Å². The van der Waals surface area contributed by atoms with Gasteiger partial charge in [-0.3, -0.25) is 4.79 Å². The van der Waals surface area contributed by atoms with E-state index in [2.05, 4.69) is 15.5 Å². The van der Waals surface area contributed by atoms with Gasteiger partial charge in [0.05, 0.1) is 11.4 Å². The molecule has 0 spiro atoms. The van der Waals surface area contributed by atoms with Gasteiger partial charge in [-0.05, 0) is 44.5 Å². The number of anilines is 1. The van der Waals surface area contributed by atoms with Gasteiger partial charge in [0.1, 0.15) is 17.0 Å². The molecule has 0 aliphatic rings. The van der Waals surface area contributed by atoms with Crippen LogP contribution in [0.3, 0.4) is 0 Å². The van der Waals surface area contributed by atoms with Gasteiger partial charge in [-0.15, -0.1) is 0 Å². The molecular formula is C20H18N4O2. The number of rotatable bonds is 3. The zero-order valence-corrected chi connectivity index (χ0v) is 14.8. The Morgan fingerprint density at radius 1 is 1.15 bits per heavy atom. The number of benzene rings is 1. The predicted molar refractivity (Wildman–Crippen MR) is 99.3 cm³/mol. The van der Waals surface area contributed by atoms with Gasteiger partial charge < -0.3 is 14.2 Å². The highest BCUT2D eigenvalue weighted by molar-refractivity contribution is 6.06. The molecule has 4 rings (SSSR count). The van der Waals surface area contributed by atoms with E-state index in [1.165, 1.54) is 0 Å². The molecule has 0 atom stereocenters. The number of carbonyl (C=O) groups excluding carboxylic acids is 1. The fraction of sp³-hybridized carbons (Fsp3) is 0.150. The van der Waals surface area contributed by atoms with Crippen molar-refractivity contribution in [1.82, 2.24) is 14.5 Å². The van der Waals surface area contributed by atoms with E-state index in [0.29, 0.717) is 17.0 Å². The van der Waals surface area contributed by atoms with Gasteiger partial charge in [-0.2, -0.15) is 0 Å². The summed E-state index contributed by atoms with van der Waals surface area (Å²) in [6, 6.07) is 11.8. The minimum Gasteiger partial charge on any atom is -0.361 e. The molecule has 0 unspecified atom stereocenters. The summed E-state index contributed by atoms with van der Waals surface area (Å²) < 4.78 is 7.06. The Balaban J connectivity index is 1.69. The van der Waals surface area contributed by atoms with Crippen molar-refractivity contribution in [3.05, 3.63) is 71.4 Å². The Labute approximate surface area is 150 Å². The van der Waals surface area contributed by atoms with Crippen LogP contribution in [-0.2, 0) is 0 Å². The average Bonchev–Trinajstić information content (AvgIpc) is 3.20. The minimum absolute atomic E-state index is 0.225. The highest BCUT2D eigenvalue weighted by Gasteiger charge is 2.18. The van der Waals surface area contributed by atoms with Crippen molar-refractivity contribution < 1.29 is 9.32 Å². The molecule has 3 aromatic heterocycles. The van der Waals surface area contributed by atoms with E-state index in [-0.39, 0.29) is 5.91 Å². The largest absolute Gasteiger partial charge is 0.361 e. The number of hydrogen-bond donors (Lipinski definition) is 1. The second-order valence-electron chi connectivity index (χ2n) is 6.28. The van der Waals surface area contributed by atoms with Crippen molar-refractivity contribution in [1.29, 1.82) is 0 Å². The van der Waals surface area contributed by atoms with Crippen molar-refractivity contribution in [3.8, 4) is 11.3 Å². The third kappa shape index (κ3) is 2.75. The minimum atomic E-state index is -0.225. The van der Waals surface area contributed by atoms with Crippen molar-refractivity contribution in [2.75, 3.05) is 5.32 Å². The molecule has 0 aliphatic heterocycles. The standard InChI is InChI=1S/C20H18N4O2/c1-12-7-8-15(17-11-24-9-5-4-6-18(24)21-17)10-16(12)22-20(25)19-13(2)23-26-14(19)3/h4-11H,1-3H3,(H,22,25). The lowest BCUT2D eigenvalue weighted by molar-refractivity contribution is 0.102. The first-order chi connectivity index (χ1) is 12.5. The lowest BCUT2D eigenvalue weighted by Gasteiger charge is -2.10. The summed E-state index contributed by atoms with van der Waals surface area (Å²) in [5.74, 6) is 0.283. The molecule has 6 nitrogen and oxygen atoms in total. The Kier molecular flexibility index (Phi) is 3.80. The van der Waals surface area contributed by atoms with Crippen molar-refractivity contribution >= 4 is 17.2 Å². The quantitative estimate of drug-likeness (QED) is 0.604. The van der Waals surface area contributed by atoms with Crippen LogP contribution >= 0.6 is 0 Å². The number of pyridine rings is 1. The van der Waals surface area contributed by atoms with Crippen molar-refractivity contribution in [3.63, 3.8) is 0 Å². The zero-order chi connectivity index (χ0) is 18.3. The molecule has 0 bridgehead atoms. The van der Waals surface area contributed by atoms with Crippen LogP contribution in [0.1, 0.15) is 27.4 Å². The second-order valence-corrected chi connectivity index (χ2v) is 6.28. The maximum atomic E-state index is 12.6. The van der Waals surface area contributed by atoms with E-state index >= 15 is 0 Å². The Morgan fingerprint density at radius 2 is 2.00 bits per heavy atom. The first-order valence-corrected chi connectivity index (χ1v) is 8.32. The summed E-state index contributed by atoms with van der Waals surface area (Å²) in [5.41, 5.74) is 5.43. The van der Waals surface area contributed by atoms with E-state index in [9.17, 15) is 4.79 Å². The first kappa shape index (κ1) is 16.1. The summed E-state index contributed by atoms with van der Waals surface area (Å²) in [6.07, 6.45) is 3.93. The third-order valence-corrected chi connectivity index (χ3v) is 4.41. The van der Waals surface area contributed by atoms with Gasteiger partial charge in [-0.25, -0.2) is 4.98 Å². The Hall–Kier alpha value is -3.41. The third-order valence-electron chi connectivity index (χ3n) is 4.41. The lowest BCUT2D eigenvalue weighted by Crippen LogP contribution is -2.14. The summed E-state index contributed by atoms with van der Waals surface area (Å²) in [4.78, 5) is 17.3. The molecule has 1 amide bonds. The van der Waals surface area contributed by atoms with Crippen LogP contribution in [0.25, 0.3) is 16.9 Å². The fourth-order valence-electron chi connectivity index (χ4n) is 2.98. The molecule has 26 heavy (non-hydrogen) atoms. The Morgan fingerprint density at radius 3 is 2.73 bits per heavy atom. The van der Waals surface area contributed by atoms with Gasteiger partial charge in [0.15, 0.2) is 0 Å². The first-order valence-electron chi connectivity index (χ1n) is 8.32. The number of carbonyl (C=O) groups is 1. The van der Waals surface area contributed by atoms with Crippen LogP contribution in [-0.4, -0.2) is 20.4 Å². The molecule has 0 saturated heterocycles. The molecule has 130 valence electrons. The molecule has 0 aliphatic carbocycles. The summed E-state index contributed by atoms with van der Waals surface area (Å²) in [6.45, 7) is 5.44. The van der Waals surface area contributed by atoms with Gasteiger partial charge in [-0.1, -0.05) is 23.4 Å². The van der Waals surface area contributed by atoms with Gasteiger partial charge in [0, 0.05) is 23.6 Å². The maximum absolute atomic E-state index is 12.6. The average molecular weight is 346 g/mol. The summed E-state index contributed by atoms with van der Waals surface area (Å²) >= 11 is 0. The number of aromatic nitrogens is 3. The second kappa shape index (κ2) is 6.15. The SMILES string of the molecule is Cc1ccc(-c2cn3ccccc3n2)cc1NC(=O)c1c(C)noc1C. The van der Waals surface area contributed by atoms with Gasteiger partial charge >= 0.3 is 0 Å². The molecular weight excluding hydrogens is 328 g/mol. The molecule has 1 aromatic carbocycles. The number of amides is 1. The predicted octanol–water partition coefficient (Wildman–Crippen LogP) is 4.17. The highest BCUT2D eigenvalue weighted by atomic mass is 16.5. The van der Waals surface area contributed by atoms with E-state index in [4.69, 9.17) is 4.52 Å². The van der Waals surface area contributed by atoms with Crippen LogP contribution < -0.4 is 5.32 Å².